The van der Waals surface area contributed by atoms with Crippen LogP contribution in [-0.2, 0) is 6.42 Å². The minimum atomic E-state index is -0.244. The van der Waals surface area contributed by atoms with Gasteiger partial charge < -0.3 is 5.32 Å². The normalized spacial score (nSPS) is 31.3. The number of hydrogen-bond donors (Lipinski definition) is 1. The molecule has 0 spiro atoms. The lowest BCUT2D eigenvalue weighted by Crippen LogP contribution is -2.42. The first-order valence-corrected chi connectivity index (χ1v) is 8.54. The Morgan fingerprint density at radius 3 is 2.76 bits per heavy atom. The molecule has 2 fully saturated rings. The summed E-state index contributed by atoms with van der Waals surface area (Å²) >= 11 is 6.27. The molecule has 1 aromatic carbocycles. The highest BCUT2D eigenvalue weighted by Gasteiger charge is 2.50. The Morgan fingerprint density at radius 1 is 1.38 bits per heavy atom. The molecule has 2 bridgehead atoms. The summed E-state index contributed by atoms with van der Waals surface area (Å²) in [5, 5.41) is 4.23. The predicted octanol–water partition coefficient (Wildman–Crippen LogP) is 4.83. The predicted molar refractivity (Wildman–Crippen MR) is 86.1 cm³/mol. The molecule has 1 aromatic rings. The van der Waals surface area contributed by atoms with Crippen LogP contribution in [0, 0.1) is 23.1 Å². The molecule has 0 aromatic heterocycles. The molecule has 3 unspecified atom stereocenters. The van der Waals surface area contributed by atoms with Crippen molar-refractivity contribution in [3.8, 4) is 0 Å². The van der Waals surface area contributed by atoms with Crippen molar-refractivity contribution in [3.05, 3.63) is 34.6 Å². The quantitative estimate of drug-likeness (QED) is 0.821. The average Bonchev–Trinajstić information content (AvgIpc) is 3.01. The lowest BCUT2D eigenvalue weighted by molar-refractivity contribution is 0.152. The number of halogens is 2. The summed E-state index contributed by atoms with van der Waals surface area (Å²) in [6.07, 6.45) is 6.39. The monoisotopic (exact) mass is 309 g/mol. The van der Waals surface area contributed by atoms with Crippen LogP contribution in [-0.4, -0.2) is 12.6 Å². The molecular formula is C18H25ClFN. The second kappa shape index (κ2) is 5.89. The molecule has 0 aliphatic heterocycles. The van der Waals surface area contributed by atoms with E-state index in [2.05, 4.69) is 19.2 Å². The Labute approximate surface area is 132 Å². The molecule has 2 aliphatic carbocycles. The van der Waals surface area contributed by atoms with Crippen LogP contribution >= 0.6 is 11.6 Å². The van der Waals surface area contributed by atoms with Crippen LogP contribution in [0.5, 0.6) is 0 Å². The van der Waals surface area contributed by atoms with Gasteiger partial charge in [-0.25, -0.2) is 4.39 Å². The van der Waals surface area contributed by atoms with Gasteiger partial charge in [0.05, 0.1) is 0 Å². The first kappa shape index (κ1) is 15.3. The fourth-order valence-corrected chi connectivity index (χ4v) is 4.74. The zero-order chi connectivity index (χ0) is 15.0. The van der Waals surface area contributed by atoms with Crippen molar-refractivity contribution < 1.29 is 4.39 Å². The van der Waals surface area contributed by atoms with Gasteiger partial charge in [0.25, 0.3) is 0 Å². The van der Waals surface area contributed by atoms with Gasteiger partial charge in [-0.05, 0) is 60.6 Å². The van der Waals surface area contributed by atoms with E-state index in [1.807, 2.05) is 6.07 Å². The Hall–Kier alpha value is -0.600. The number of fused-ring (bicyclic) bond motifs is 2. The highest BCUT2D eigenvalue weighted by atomic mass is 35.5. The van der Waals surface area contributed by atoms with Gasteiger partial charge in [-0.3, -0.25) is 0 Å². The van der Waals surface area contributed by atoms with E-state index in [9.17, 15) is 4.39 Å². The van der Waals surface area contributed by atoms with Gasteiger partial charge in [0.1, 0.15) is 5.82 Å². The number of nitrogens with one attached hydrogen (secondary N) is 1. The third-order valence-electron chi connectivity index (χ3n) is 5.52. The second-order valence-electron chi connectivity index (χ2n) is 7.39. The Morgan fingerprint density at radius 2 is 2.19 bits per heavy atom. The molecule has 21 heavy (non-hydrogen) atoms. The first-order chi connectivity index (χ1) is 9.98. The number of rotatable bonds is 5. The molecule has 3 atom stereocenters. The van der Waals surface area contributed by atoms with E-state index in [-0.39, 0.29) is 5.82 Å². The Balaban J connectivity index is 1.82. The zero-order valence-electron chi connectivity index (χ0n) is 13.0. The molecule has 2 saturated carbocycles. The van der Waals surface area contributed by atoms with Crippen LogP contribution in [0.3, 0.4) is 0 Å². The van der Waals surface area contributed by atoms with Crippen LogP contribution in [0.4, 0.5) is 4.39 Å². The summed E-state index contributed by atoms with van der Waals surface area (Å²) in [5.41, 5.74) is 1.42. The minimum absolute atomic E-state index is 0.244. The molecule has 1 N–H and O–H groups in total. The third kappa shape index (κ3) is 3.12. The molecule has 3 heteroatoms. The van der Waals surface area contributed by atoms with E-state index < -0.39 is 0 Å². The van der Waals surface area contributed by atoms with Gasteiger partial charge >= 0.3 is 0 Å². The fraction of sp³-hybridized carbons (Fsp3) is 0.667. The minimum Gasteiger partial charge on any atom is -0.314 e. The van der Waals surface area contributed by atoms with E-state index in [4.69, 9.17) is 11.6 Å². The van der Waals surface area contributed by atoms with Crippen molar-refractivity contribution in [1.29, 1.82) is 0 Å². The highest BCUT2D eigenvalue weighted by Crippen LogP contribution is 2.57. The van der Waals surface area contributed by atoms with Crippen LogP contribution in [0.25, 0.3) is 0 Å². The van der Waals surface area contributed by atoms with Gasteiger partial charge in [-0.15, -0.1) is 0 Å². The summed E-state index contributed by atoms with van der Waals surface area (Å²) in [5.74, 6) is 1.45. The Kier molecular flexibility index (Phi) is 4.29. The largest absolute Gasteiger partial charge is 0.314 e. The van der Waals surface area contributed by atoms with Crippen molar-refractivity contribution in [2.24, 2.45) is 17.3 Å². The Bertz CT molecular complexity index is 516. The molecule has 0 radical (unpaired) electrons. The van der Waals surface area contributed by atoms with E-state index in [1.165, 1.54) is 37.8 Å². The lowest BCUT2D eigenvalue weighted by atomic mass is 9.69. The summed E-state index contributed by atoms with van der Waals surface area (Å²) in [6.45, 7) is 5.46. The summed E-state index contributed by atoms with van der Waals surface area (Å²) in [4.78, 5) is 0. The molecular weight excluding hydrogens is 285 g/mol. The molecule has 116 valence electrons. The van der Waals surface area contributed by atoms with Gasteiger partial charge in [0.2, 0.25) is 0 Å². The molecule has 2 aliphatic rings. The van der Waals surface area contributed by atoms with Crippen molar-refractivity contribution in [3.63, 3.8) is 0 Å². The maximum atomic E-state index is 13.3. The number of benzene rings is 1. The fourth-order valence-electron chi connectivity index (χ4n) is 4.51. The SMILES string of the molecule is CC(C)NCC1(Cc2ccc(F)cc2Cl)CC2CCC1C2. The molecule has 0 saturated heterocycles. The topological polar surface area (TPSA) is 12.0 Å². The molecule has 3 rings (SSSR count). The smallest absolute Gasteiger partial charge is 0.124 e. The van der Waals surface area contributed by atoms with Crippen LogP contribution in [0.1, 0.15) is 45.1 Å². The van der Waals surface area contributed by atoms with E-state index in [1.54, 1.807) is 0 Å². The van der Waals surface area contributed by atoms with Crippen LogP contribution in [0.15, 0.2) is 18.2 Å². The second-order valence-corrected chi connectivity index (χ2v) is 7.80. The van der Waals surface area contributed by atoms with Crippen molar-refractivity contribution >= 4 is 11.6 Å². The highest BCUT2D eigenvalue weighted by molar-refractivity contribution is 6.31. The van der Waals surface area contributed by atoms with Crippen LogP contribution in [0.2, 0.25) is 5.02 Å². The van der Waals surface area contributed by atoms with E-state index in [0.29, 0.717) is 16.5 Å². The summed E-state index contributed by atoms with van der Waals surface area (Å²) in [6, 6.07) is 5.37. The maximum Gasteiger partial charge on any atom is 0.124 e. The van der Waals surface area contributed by atoms with Gasteiger partial charge in [0.15, 0.2) is 0 Å². The average molecular weight is 310 g/mol. The van der Waals surface area contributed by atoms with Crippen molar-refractivity contribution in [1.82, 2.24) is 5.32 Å². The van der Waals surface area contributed by atoms with Gasteiger partial charge in [-0.2, -0.15) is 0 Å². The number of hydrogen-bond acceptors (Lipinski definition) is 1. The maximum absolute atomic E-state index is 13.3. The van der Waals surface area contributed by atoms with Gasteiger partial charge in [-0.1, -0.05) is 37.9 Å². The van der Waals surface area contributed by atoms with Gasteiger partial charge in [0, 0.05) is 17.6 Å². The van der Waals surface area contributed by atoms with E-state index >= 15 is 0 Å². The lowest BCUT2D eigenvalue weighted by Gasteiger charge is -2.39. The standard InChI is InChI=1S/C18H25ClFN/c1-12(2)21-11-18(9-13-3-5-15(18)7-13)10-14-4-6-16(20)8-17(14)19/h4,6,8,12-13,15,21H,3,5,7,9-11H2,1-2H3. The first-order valence-electron chi connectivity index (χ1n) is 8.16. The zero-order valence-corrected chi connectivity index (χ0v) is 13.7. The molecule has 0 heterocycles. The van der Waals surface area contributed by atoms with E-state index in [0.717, 1.165) is 30.4 Å². The van der Waals surface area contributed by atoms with Crippen LogP contribution < -0.4 is 5.32 Å². The molecule has 1 nitrogen and oxygen atoms in total. The molecule has 0 amide bonds. The third-order valence-corrected chi connectivity index (χ3v) is 5.87. The summed E-state index contributed by atoms with van der Waals surface area (Å²) < 4.78 is 13.3. The van der Waals surface area contributed by atoms with Crippen molar-refractivity contribution in [2.45, 2.75) is 52.0 Å². The summed E-state index contributed by atoms with van der Waals surface area (Å²) in [7, 11) is 0. The van der Waals surface area contributed by atoms with Crippen molar-refractivity contribution in [2.75, 3.05) is 6.54 Å².